The molecule has 182 valence electrons. The minimum atomic E-state index is -0.967. The molecule has 2 aromatic carbocycles. The molecule has 4 rings (SSSR count). The number of aliphatic hydroxyl groups is 1. The average Bonchev–Trinajstić information content (AvgIpc) is 3.19. The molecule has 0 aliphatic carbocycles. The van der Waals surface area contributed by atoms with E-state index in [-0.39, 0.29) is 30.3 Å². The summed E-state index contributed by atoms with van der Waals surface area (Å²) in [5, 5.41) is 15.0. The van der Waals surface area contributed by atoms with Gasteiger partial charge in [-0.3, -0.25) is 13.9 Å². The smallest absolute Gasteiger partial charge is 0.332 e. The molecule has 0 amide bonds. The molecule has 2 heterocycles. The second-order valence-electron chi connectivity index (χ2n) is 8.13. The van der Waals surface area contributed by atoms with Gasteiger partial charge in [-0.05, 0) is 42.3 Å². The maximum Gasteiger partial charge on any atom is 0.332 e. The zero-order valence-corrected chi connectivity index (χ0v) is 21.1. The van der Waals surface area contributed by atoms with Crippen LogP contribution >= 0.6 is 15.9 Å². The fraction of sp³-hybridized carbons (Fsp3) is 0.250. The number of aromatic nitrogens is 4. The van der Waals surface area contributed by atoms with Gasteiger partial charge in [0.2, 0.25) is 5.95 Å². The Morgan fingerprint density at radius 1 is 1.17 bits per heavy atom. The lowest BCUT2D eigenvalue weighted by atomic mass is 10.2. The number of nitrogens with one attached hydrogen (secondary N) is 1. The van der Waals surface area contributed by atoms with E-state index in [0.29, 0.717) is 5.75 Å². The number of aliphatic hydroxyl groups excluding tert-OH is 1. The SMILES string of the molecule is Cc1cccc(OCC(O)Cn2c(NN=Cc3ccc(Br)cc3)nc3c2c(=O)n(C)c(=O)n3C)c1. The van der Waals surface area contributed by atoms with E-state index in [1.54, 1.807) is 6.21 Å². The Kier molecular flexibility index (Phi) is 7.17. The van der Waals surface area contributed by atoms with Gasteiger partial charge in [0.15, 0.2) is 11.2 Å². The molecule has 1 unspecified atom stereocenters. The van der Waals surface area contributed by atoms with Gasteiger partial charge >= 0.3 is 5.69 Å². The van der Waals surface area contributed by atoms with E-state index in [2.05, 4.69) is 31.4 Å². The van der Waals surface area contributed by atoms with Crippen LogP contribution in [0.15, 0.2) is 67.7 Å². The summed E-state index contributed by atoms with van der Waals surface area (Å²) in [6.07, 6.45) is 0.635. The van der Waals surface area contributed by atoms with Crippen molar-refractivity contribution in [1.29, 1.82) is 0 Å². The summed E-state index contributed by atoms with van der Waals surface area (Å²) in [5.41, 5.74) is 4.06. The molecular weight excluding hydrogens is 516 g/mol. The third-order valence-corrected chi connectivity index (χ3v) is 5.95. The highest BCUT2D eigenvalue weighted by molar-refractivity contribution is 9.10. The quantitative estimate of drug-likeness (QED) is 0.262. The van der Waals surface area contributed by atoms with Gasteiger partial charge in [-0.2, -0.15) is 10.1 Å². The fourth-order valence-electron chi connectivity index (χ4n) is 3.58. The van der Waals surface area contributed by atoms with Crippen molar-refractivity contribution in [1.82, 2.24) is 18.7 Å². The number of rotatable bonds is 8. The molecular formula is C24H25BrN6O4. The fourth-order valence-corrected chi connectivity index (χ4v) is 3.85. The maximum absolute atomic E-state index is 13.0. The van der Waals surface area contributed by atoms with Crippen molar-refractivity contribution in [3.05, 3.63) is 85.0 Å². The highest BCUT2D eigenvalue weighted by Gasteiger charge is 2.21. The zero-order chi connectivity index (χ0) is 25.1. The normalized spacial score (nSPS) is 12.4. The summed E-state index contributed by atoms with van der Waals surface area (Å²) in [6.45, 7) is 1.94. The topological polar surface area (TPSA) is 116 Å². The van der Waals surface area contributed by atoms with Crippen LogP contribution in [0.1, 0.15) is 11.1 Å². The second-order valence-corrected chi connectivity index (χ2v) is 9.04. The van der Waals surface area contributed by atoms with E-state index < -0.39 is 17.4 Å². The van der Waals surface area contributed by atoms with E-state index in [1.807, 2.05) is 55.5 Å². The third kappa shape index (κ3) is 5.36. The summed E-state index contributed by atoms with van der Waals surface area (Å²) >= 11 is 3.39. The first-order valence-corrected chi connectivity index (χ1v) is 11.6. The number of anilines is 1. The van der Waals surface area contributed by atoms with Crippen molar-refractivity contribution in [2.75, 3.05) is 12.0 Å². The number of ether oxygens (including phenoxy) is 1. The third-order valence-electron chi connectivity index (χ3n) is 5.42. The monoisotopic (exact) mass is 540 g/mol. The van der Waals surface area contributed by atoms with Crippen LogP contribution in [-0.2, 0) is 20.6 Å². The van der Waals surface area contributed by atoms with Gasteiger partial charge in [-0.1, -0.05) is 40.2 Å². The van der Waals surface area contributed by atoms with Crippen LogP contribution in [0.4, 0.5) is 5.95 Å². The van der Waals surface area contributed by atoms with Crippen LogP contribution in [0.25, 0.3) is 11.2 Å². The molecule has 2 aromatic heterocycles. The molecule has 10 nitrogen and oxygen atoms in total. The lowest BCUT2D eigenvalue weighted by molar-refractivity contribution is 0.0938. The number of hydrazone groups is 1. The molecule has 0 saturated heterocycles. The van der Waals surface area contributed by atoms with Crippen molar-refractivity contribution in [3.63, 3.8) is 0 Å². The number of nitrogens with zero attached hydrogens (tertiary/aromatic N) is 5. The number of halogens is 1. The first-order valence-electron chi connectivity index (χ1n) is 10.8. The molecule has 0 aliphatic rings. The van der Waals surface area contributed by atoms with Gasteiger partial charge in [0.05, 0.1) is 12.8 Å². The molecule has 0 bridgehead atoms. The molecule has 1 atom stereocenters. The summed E-state index contributed by atoms with van der Waals surface area (Å²) in [7, 11) is 2.94. The zero-order valence-electron chi connectivity index (χ0n) is 19.5. The standard InChI is InChI=1S/C24H25BrN6O4/c1-15-5-4-6-19(11-15)35-14-18(32)13-31-20-21(29(2)24(34)30(3)22(20)33)27-23(31)28-26-12-16-7-9-17(25)10-8-16/h4-12,18,32H,13-14H2,1-3H3,(H,27,28). The van der Waals surface area contributed by atoms with Crippen LogP contribution in [0, 0.1) is 6.92 Å². The minimum absolute atomic E-state index is 0.00317. The van der Waals surface area contributed by atoms with Crippen molar-refractivity contribution < 1.29 is 9.84 Å². The Morgan fingerprint density at radius 3 is 2.63 bits per heavy atom. The summed E-state index contributed by atoms with van der Waals surface area (Å²) in [6, 6.07) is 15.0. The Bertz CT molecular complexity index is 1500. The number of hydrogen-bond acceptors (Lipinski definition) is 7. The van der Waals surface area contributed by atoms with Crippen molar-refractivity contribution in [2.45, 2.75) is 19.6 Å². The van der Waals surface area contributed by atoms with Gasteiger partial charge in [0.25, 0.3) is 5.56 Å². The Balaban J connectivity index is 1.65. The Hall–Kier alpha value is -3.70. The summed E-state index contributed by atoms with van der Waals surface area (Å²) < 4.78 is 10.5. The molecule has 0 spiro atoms. The largest absolute Gasteiger partial charge is 0.491 e. The molecule has 0 saturated carbocycles. The predicted molar refractivity (Wildman–Crippen MR) is 138 cm³/mol. The molecule has 11 heteroatoms. The van der Waals surface area contributed by atoms with Crippen LogP contribution in [0.2, 0.25) is 0 Å². The van der Waals surface area contributed by atoms with E-state index in [4.69, 9.17) is 4.74 Å². The molecule has 2 N–H and O–H groups in total. The summed E-state index contributed by atoms with van der Waals surface area (Å²) in [5.74, 6) is 0.844. The number of hydrogen-bond donors (Lipinski definition) is 2. The first-order chi connectivity index (χ1) is 16.7. The molecule has 0 aliphatic heterocycles. The lowest BCUT2D eigenvalue weighted by Gasteiger charge is -2.15. The number of imidazole rings is 1. The second kappa shape index (κ2) is 10.3. The molecule has 35 heavy (non-hydrogen) atoms. The van der Waals surface area contributed by atoms with Crippen LogP contribution in [0.5, 0.6) is 5.75 Å². The maximum atomic E-state index is 13.0. The van der Waals surface area contributed by atoms with Crippen molar-refractivity contribution in [2.24, 2.45) is 19.2 Å². The van der Waals surface area contributed by atoms with E-state index in [1.165, 1.54) is 23.2 Å². The summed E-state index contributed by atoms with van der Waals surface area (Å²) in [4.78, 5) is 29.8. The number of aryl methyl sites for hydroxylation is 2. The van der Waals surface area contributed by atoms with E-state index in [0.717, 1.165) is 20.2 Å². The average molecular weight is 541 g/mol. The lowest BCUT2D eigenvalue weighted by Crippen LogP contribution is -2.38. The van der Waals surface area contributed by atoms with Gasteiger partial charge < -0.3 is 14.4 Å². The van der Waals surface area contributed by atoms with Crippen LogP contribution in [-0.4, -0.2) is 42.7 Å². The highest BCUT2D eigenvalue weighted by Crippen LogP contribution is 2.18. The highest BCUT2D eigenvalue weighted by atomic mass is 79.9. The van der Waals surface area contributed by atoms with Crippen LogP contribution < -0.4 is 21.4 Å². The minimum Gasteiger partial charge on any atom is -0.491 e. The number of fused-ring (bicyclic) bond motifs is 1. The van der Waals surface area contributed by atoms with Crippen LogP contribution in [0.3, 0.4) is 0 Å². The van der Waals surface area contributed by atoms with Crippen molar-refractivity contribution in [3.8, 4) is 5.75 Å². The van der Waals surface area contributed by atoms with Gasteiger partial charge in [-0.25, -0.2) is 10.2 Å². The Labute approximate surface area is 209 Å². The number of benzene rings is 2. The molecule has 0 fully saturated rings. The van der Waals surface area contributed by atoms with Gasteiger partial charge in [0.1, 0.15) is 18.5 Å². The first kappa shape index (κ1) is 24.4. The molecule has 4 aromatic rings. The van der Waals surface area contributed by atoms with E-state index >= 15 is 0 Å². The Morgan fingerprint density at radius 2 is 1.91 bits per heavy atom. The van der Waals surface area contributed by atoms with Gasteiger partial charge in [0, 0.05) is 18.6 Å². The predicted octanol–water partition coefficient (Wildman–Crippen LogP) is 2.39. The van der Waals surface area contributed by atoms with Crippen molar-refractivity contribution >= 4 is 39.3 Å². The van der Waals surface area contributed by atoms with E-state index in [9.17, 15) is 14.7 Å². The molecule has 0 radical (unpaired) electrons. The van der Waals surface area contributed by atoms with Gasteiger partial charge in [-0.15, -0.1) is 0 Å².